The van der Waals surface area contributed by atoms with E-state index in [2.05, 4.69) is 19.2 Å². The number of hydrogen-bond donors (Lipinski definition) is 2. The molecule has 3 nitrogen and oxygen atoms in total. The van der Waals surface area contributed by atoms with Crippen LogP contribution < -0.4 is 5.32 Å². The topological polar surface area (TPSA) is 49.3 Å². The van der Waals surface area contributed by atoms with Gasteiger partial charge in [-0.25, -0.2) is 0 Å². The van der Waals surface area contributed by atoms with Crippen molar-refractivity contribution in [1.29, 1.82) is 0 Å². The van der Waals surface area contributed by atoms with Gasteiger partial charge in [-0.05, 0) is 18.8 Å². The Morgan fingerprint density at radius 1 is 1.50 bits per heavy atom. The zero-order valence-corrected chi connectivity index (χ0v) is 8.13. The minimum Gasteiger partial charge on any atom is -0.396 e. The summed E-state index contributed by atoms with van der Waals surface area (Å²) >= 11 is 0. The fourth-order valence-corrected chi connectivity index (χ4v) is 1.26. The number of rotatable bonds is 5. The van der Waals surface area contributed by atoms with E-state index in [1.54, 1.807) is 0 Å². The van der Waals surface area contributed by atoms with Crippen molar-refractivity contribution in [2.24, 2.45) is 5.92 Å². The highest BCUT2D eigenvalue weighted by Crippen LogP contribution is 2.07. The average Bonchev–Trinajstić information content (AvgIpc) is 1.84. The lowest BCUT2D eigenvalue weighted by Gasteiger charge is -2.18. The van der Waals surface area contributed by atoms with Crippen molar-refractivity contribution < 1.29 is 9.90 Å². The van der Waals surface area contributed by atoms with E-state index in [4.69, 9.17) is 5.11 Å². The minimum absolute atomic E-state index is 0.0194. The molecule has 0 bridgehead atoms. The van der Waals surface area contributed by atoms with Gasteiger partial charge in [0.15, 0.2) is 0 Å². The van der Waals surface area contributed by atoms with Crippen LogP contribution in [0.5, 0.6) is 0 Å². The van der Waals surface area contributed by atoms with E-state index in [0.717, 1.165) is 6.42 Å². The maximum Gasteiger partial charge on any atom is 0.217 e. The third-order valence-electron chi connectivity index (χ3n) is 1.64. The number of carbonyl (C=O) groups excluding carboxylic acids is 1. The normalized spacial score (nSPS) is 13.1. The maximum atomic E-state index is 10.7. The molecule has 0 unspecified atom stereocenters. The molecule has 0 radical (unpaired) electrons. The predicted octanol–water partition coefficient (Wildman–Crippen LogP) is 0.920. The van der Waals surface area contributed by atoms with Gasteiger partial charge >= 0.3 is 0 Å². The largest absolute Gasteiger partial charge is 0.396 e. The molecule has 1 atom stereocenters. The Balaban J connectivity index is 3.77. The molecule has 0 aliphatic carbocycles. The summed E-state index contributed by atoms with van der Waals surface area (Å²) < 4.78 is 0. The lowest BCUT2D eigenvalue weighted by atomic mass is 10.0. The van der Waals surface area contributed by atoms with Crippen LogP contribution in [0.4, 0.5) is 0 Å². The summed E-state index contributed by atoms with van der Waals surface area (Å²) in [5.41, 5.74) is 0. The van der Waals surface area contributed by atoms with E-state index in [1.807, 2.05) is 0 Å². The summed E-state index contributed by atoms with van der Waals surface area (Å²) in [4.78, 5) is 10.7. The molecule has 12 heavy (non-hydrogen) atoms. The summed E-state index contributed by atoms with van der Waals surface area (Å²) in [5.74, 6) is 0.530. The van der Waals surface area contributed by atoms with Crippen LogP contribution in [-0.2, 0) is 4.79 Å². The molecule has 0 heterocycles. The van der Waals surface area contributed by atoms with Crippen molar-refractivity contribution in [3.63, 3.8) is 0 Å². The number of carbonyl (C=O) groups is 1. The van der Waals surface area contributed by atoms with Crippen LogP contribution in [0, 0.1) is 5.92 Å². The van der Waals surface area contributed by atoms with Gasteiger partial charge in [0.25, 0.3) is 0 Å². The Labute approximate surface area is 74.2 Å². The van der Waals surface area contributed by atoms with Crippen molar-refractivity contribution in [2.75, 3.05) is 6.61 Å². The standard InChI is InChI=1S/C9H19NO2/c1-7(2)6-9(4-5-11)10-8(3)12/h7,9,11H,4-6H2,1-3H3,(H,10,12)/t9-/m0/s1. The van der Waals surface area contributed by atoms with Gasteiger partial charge in [-0.2, -0.15) is 0 Å². The fourth-order valence-electron chi connectivity index (χ4n) is 1.26. The molecule has 3 heteroatoms. The highest BCUT2D eigenvalue weighted by molar-refractivity contribution is 5.73. The van der Waals surface area contributed by atoms with Crippen LogP contribution in [0.3, 0.4) is 0 Å². The smallest absolute Gasteiger partial charge is 0.217 e. The van der Waals surface area contributed by atoms with Gasteiger partial charge in [0.2, 0.25) is 5.91 Å². The summed E-state index contributed by atoms with van der Waals surface area (Å²) in [6.45, 7) is 5.85. The maximum absolute atomic E-state index is 10.7. The third kappa shape index (κ3) is 6.16. The van der Waals surface area contributed by atoms with E-state index in [9.17, 15) is 4.79 Å². The molecule has 0 fully saturated rings. The molecule has 72 valence electrons. The van der Waals surface area contributed by atoms with Crippen molar-refractivity contribution in [3.05, 3.63) is 0 Å². The number of aliphatic hydroxyl groups excluding tert-OH is 1. The molecule has 0 saturated carbocycles. The van der Waals surface area contributed by atoms with Crippen molar-refractivity contribution in [3.8, 4) is 0 Å². The third-order valence-corrected chi connectivity index (χ3v) is 1.64. The zero-order valence-electron chi connectivity index (χ0n) is 8.13. The lowest BCUT2D eigenvalue weighted by Crippen LogP contribution is -2.34. The molecule has 0 aromatic heterocycles. The molecular weight excluding hydrogens is 154 g/mol. The number of aliphatic hydroxyl groups is 1. The number of amides is 1. The quantitative estimate of drug-likeness (QED) is 0.649. The second kappa shape index (κ2) is 6.00. The van der Waals surface area contributed by atoms with E-state index in [0.29, 0.717) is 12.3 Å². The first-order valence-electron chi connectivity index (χ1n) is 4.44. The molecular formula is C9H19NO2. The number of hydrogen-bond acceptors (Lipinski definition) is 2. The Morgan fingerprint density at radius 2 is 2.08 bits per heavy atom. The van der Waals surface area contributed by atoms with Crippen molar-refractivity contribution >= 4 is 5.91 Å². The van der Waals surface area contributed by atoms with Crippen LogP contribution in [0.25, 0.3) is 0 Å². The van der Waals surface area contributed by atoms with E-state index in [-0.39, 0.29) is 18.6 Å². The number of nitrogens with one attached hydrogen (secondary N) is 1. The van der Waals surface area contributed by atoms with Crippen LogP contribution >= 0.6 is 0 Å². The molecule has 0 aromatic rings. The Morgan fingerprint density at radius 3 is 2.42 bits per heavy atom. The second-order valence-electron chi connectivity index (χ2n) is 3.54. The Kier molecular flexibility index (Phi) is 5.72. The fraction of sp³-hybridized carbons (Fsp3) is 0.889. The van der Waals surface area contributed by atoms with E-state index < -0.39 is 0 Å². The van der Waals surface area contributed by atoms with Crippen LogP contribution in [-0.4, -0.2) is 23.7 Å². The summed E-state index contributed by atoms with van der Waals surface area (Å²) in [6.07, 6.45) is 1.58. The Hall–Kier alpha value is -0.570. The molecule has 1 amide bonds. The van der Waals surface area contributed by atoms with E-state index >= 15 is 0 Å². The van der Waals surface area contributed by atoms with Crippen LogP contribution in [0.1, 0.15) is 33.6 Å². The molecule has 0 spiro atoms. The zero-order chi connectivity index (χ0) is 9.56. The summed E-state index contributed by atoms with van der Waals surface area (Å²) in [6, 6.07) is 0.132. The average molecular weight is 173 g/mol. The SMILES string of the molecule is CC(=O)N[C@@H](CCO)CC(C)C. The summed E-state index contributed by atoms with van der Waals surface area (Å²) in [7, 11) is 0. The highest BCUT2D eigenvalue weighted by Gasteiger charge is 2.10. The Bertz CT molecular complexity index is 134. The van der Waals surface area contributed by atoms with Gasteiger partial charge in [0, 0.05) is 19.6 Å². The highest BCUT2D eigenvalue weighted by atomic mass is 16.3. The second-order valence-corrected chi connectivity index (χ2v) is 3.54. The molecule has 0 aliphatic rings. The van der Waals surface area contributed by atoms with Crippen molar-refractivity contribution in [1.82, 2.24) is 5.32 Å². The van der Waals surface area contributed by atoms with Gasteiger partial charge in [-0.15, -0.1) is 0 Å². The molecule has 0 aromatic carbocycles. The first-order chi connectivity index (χ1) is 5.56. The predicted molar refractivity (Wildman–Crippen MR) is 48.8 cm³/mol. The molecule has 2 N–H and O–H groups in total. The van der Waals surface area contributed by atoms with E-state index in [1.165, 1.54) is 6.92 Å². The lowest BCUT2D eigenvalue weighted by molar-refractivity contribution is -0.119. The molecule has 0 saturated heterocycles. The van der Waals surface area contributed by atoms with Crippen LogP contribution in [0.15, 0.2) is 0 Å². The van der Waals surface area contributed by atoms with Gasteiger partial charge in [-0.3, -0.25) is 4.79 Å². The van der Waals surface area contributed by atoms with Gasteiger partial charge < -0.3 is 10.4 Å². The van der Waals surface area contributed by atoms with Crippen LogP contribution in [0.2, 0.25) is 0 Å². The van der Waals surface area contributed by atoms with Gasteiger partial charge in [-0.1, -0.05) is 13.8 Å². The first-order valence-corrected chi connectivity index (χ1v) is 4.44. The van der Waals surface area contributed by atoms with Gasteiger partial charge in [0.1, 0.15) is 0 Å². The van der Waals surface area contributed by atoms with Gasteiger partial charge in [0.05, 0.1) is 0 Å². The monoisotopic (exact) mass is 173 g/mol. The molecule has 0 rings (SSSR count). The minimum atomic E-state index is -0.0194. The van der Waals surface area contributed by atoms with Crippen molar-refractivity contribution in [2.45, 2.75) is 39.7 Å². The summed E-state index contributed by atoms with van der Waals surface area (Å²) in [5, 5.41) is 11.5. The molecule has 0 aliphatic heterocycles. The first kappa shape index (κ1) is 11.4.